The van der Waals surface area contributed by atoms with Gasteiger partial charge in [0.1, 0.15) is 28.4 Å². The van der Waals surface area contributed by atoms with Crippen LogP contribution in [0.5, 0.6) is 6.01 Å². The molecular formula is C18H17F2N5O3S2. The quantitative estimate of drug-likeness (QED) is 0.444. The van der Waals surface area contributed by atoms with Crippen LogP contribution in [0, 0.1) is 21.7 Å². The molecule has 0 unspecified atom stereocenters. The third-order valence-corrected chi connectivity index (χ3v) is 6.07. The van der Waals surface area contributed by atoms with E-state index in [0.717, 1.165) is 16.6 Å². The number of imidazole rings is 1. The molecule has 0 saturated carbocycles. The molecule has 0 aliphatic carbocycles. The number of ether oxygens (including phenoxy) is 1. The Hall–Kier alpha value is -2.57. The van der Waals surface area contributed by atoms with E-state index >= 15 is 0 Å². The van der Waals surface area contributed by atoms with Gasteiger partial charge in [-0.25, -0.2) is 13.8 Å². The van der Waals surface area contributed by atoms with E-state index in [4.69, 9.17) is 4.74 Å². The molecule has 0 spiro atoms. The molecule has 8 nitrogen and oxygen atoms in total. The Bertz CT molecular complexity index is 1080. The van der Waals surface area contributed by atoms with E-state index in [2.05, 4.69) is 14.9 Å². The van der Waals surface area contributed by atoms with Crippen LogP contribution in [0.1, 0.15) is 17.5 Å². The predicted octanol–water partition coefficient (Wildman–Crippen LogP) is 3.47. The van der Waals surface area contributed by atoms with E-state index in [1.54, 1.807) is 4.57 Å². The largest absolute Gasteiger partial charge is 0.436 e. The first-order valence-corrected chi connectivity index (χ1v) is 9.68. The second-order valence-corrected chi connectivity index (χ2v) is 8.59. The van der Waals surface area contributed by atoms with Crippen molar-refractivity contribution < 1.29 is 18.4 Å². The molecule has 0 bridgehead atoms. The summed E-state index contributed by atoms with van der Waals surface area (Å²) in [6.45, 7) is 4.26. The Morgan fingerprint density at radius 2 is 2.00 bits per heavy atom. The fourth-order valence-corrected chi connectivity index (χ4v) is 4.95. The van der Waals surface area contributed by atoms with Crippen LogP contribution < -0.4 is 4.74 Å². The van der Waals surface area contributed by atoms with E-state index in [1.165, 1.54) is 29.7 Å². The molecule has 30 heavy (non-hydrogen) atoms. The maximum atomic E-state index is 13.5. The van der Waals surface area contributed by atoms with Crippen LogP contribution in [0.25, 0.3) is 10.6 Å². The lowest BCUT2D eigenvalue weighted by molar-refractivity contribution is -0.389. The van der Waals surface area contributed by atoms with Crippen molar-refractivity contribution in [2.24, 2.45) is 0 Å². The van der Waals surface area contributed by atoms with E-state index in [0.29, 0.717) is 36.8 Å². The molecule has 1 aromatic carbocycles. The van der Waals surface area contributed by atoms with E-state index in [-0.39, 0.29) is 25.3 Å². The Kier molecular flexibility index (Phi) is 5.03. The lowest BCUT2D eigenvalue weighted by Crippen LogP contribution is -2.43. The van der Waals surface area contributed by atoms with Gasteiger partial charge in [-0.1, -0.05) is 0 Å². The van der Waals surface area contributed by atoms with E-state index < -0.39 is 22.2 Å². The molecule has 0 amide bonds. The van der Waals surface area contributed by atoms with Gasteiger partial charge >= 0.3 is 11.8 Å². The van der Waals surface area contributed by atoms with Gasteiger partial charge in [0, 0.05) is 41.1 Å². The summed E-state index contributed by atoms with van der Waals surface area (Å²) < 4.78 is 34.5. The summed E-state index contributed by atoms with van der Waals surface area (Å²) in [5.74, 6) is -1.47. The zero-order chi connectivity index (χ0) is 20.3. The number of hydrogen-bond donors (Lipinski definition) is 0. The zero-order valence-corrected chi connectivity index (χ0v) is 17.6. The fourth-order valence-electron chi connectivity index (χ4n) is 3.85. The molecule has 3 aromatic rings. The Morgan fingerprint density at radius 1 is 1.27 bits per heavy atom. The van der Waals surface area contributed by atoms with Crippen molar-refractivity contribution in [1.82, 2.24) is 19.4 Å². The first-order chi connectivity index (χ1) is 13.8. The maximum Gasteiger partial charge on any atom is 0.415 e. The third-order valence-electron chi connectivity index (χ3n) is 4.94. The number of benzene rings is 1. The maximum absolute atomic E-state index is 13.5. The van der Waals surface area contributed by atoms with Crippen molar-refractivity contribution >= 4 is 30.7 Å². The minimum absolute atomic E-state index is 0. The third kappa shape index (κ3) is 3.66. The number of nitro groups is 1. The van der Waals surface area contributed by atoms with Gasteiger partial charge in [0.25, 0.3) is 0 Å². The number of rotatable bonds is 4. The van der Waals surface area contributed by atoms with Crippen molar-refractivity contribution in [3.8, 4) is 16.6 Å². The molecule has 0 saturated heterocycles. The topological polar surface area (TPSA) is 86.3 Å². The monoisotopic (exact) mass is 453 g/mol. The van der Waals surface area contributed by atoms with Crippen molar-refractivity contribution in [2.45, 2.75) is 32.2 Å². The standard InChI is InChI=1S/C18H15F2N5O3S.H2S/c1-18(9-24-7-15(25(26)27)22-17(24)28-18)8-23-5-13-14(6-23)29-16(21-13)10-2-11(19)4-12(20)3-10;/h2-4,7H,5-6,8-9H2,1H3;1H2/t18-;/m0./s1. The molecule has 2 aliphatic heterocycles. The Balaban J connectivity index is 0.00000218. The number of hydrogen-bond acceptors (Lipinski definition) is 7. The second kappa shape index (κ2) is 7.29. The molecule has 5 rings (SSSR count). The molecular weight excluding hydrogens is 436 g/mol. The van der Waals surface area contributed by atoms with Gasteiger partial charge in [-0.2, -0.15) is 13.5 Å². The number of aromatic nitrogens is 3. The second-order valence-electron chi connectivity index (χ2n) is 7.51. The van der Waals surface area contributed by atoms with Gasteiger partial charge in [-0.15, -0.1) is 11.3 Å². The number of halogens is 2. The molecule has 2 aliphatic rings. The van der Waals surface area contributed by atoms with Crippen molar-refractivity contribution in [3.63, 3.8) is 0 Å². The summed E-state index contributed by atoms with van der Waals surface area (Å²) in [7, 11) is 0. The highest BCUT2D eigenvalue weighted by Crippen LogP contribution is 2.37. The summed E-state index contributed by atoms with van der Waals surface area (Å²) in [5, 5.41) is 11.4. The van der Waals surface area contributed by atoms with Gasteiger partial charge in [0.05, 0.1) is 12.2 Å². The normalized spacial score (nSPS) is 19.8. The molecule has 0 fully saturated rings. The highest BCUT2D eigenvalue weighted by molar-refractivity contribution is 7.59. The summed E-state index contributed by atoms with van der Waals surface area (Å²) >= 11 is 1.43. The molecule has 0 radical (unpaired) electrons. The van der Waals surface area contributed by atoms with E-state index in [1.807, 2.05) is 6.92 Å². The molecule has 2 aromatic heterocycles. The predicted molar refractivity (Wildman–Crippen MR) is 110 cm³/mol. The van der Waals surface area contributed by atoms with Crippen molar-refractivity contribution in [1.29, 1.82) is 0 Å². The SMILES string of the molecule is C[C@]1(CN2Cc3nc(-c4cc(F)cc(F)c4)sc3C2)Cn2cc([N+](=O)[O-])nc2O1.S. The van der Waals surface area contributed by atoms with Crippen LogP contribution in [-0.2, 0) is 19.6 Å². The highest BCUT2D eigenvalue weighted by atomic mass is 32.1. The van der Waals surface area contributed by atoms with Crippen LogP contribution in [0.4, 0.5) is 14.6 Å². The lowest BCUT2D eigenvalue weighted by atomic mass is 10.1. The minimum Gasteiger partial charge on any atom is -0.436 e. The van der Waals surface area contributed by atoms with Gasteiger partial charge in [0.15, 0.2) is 0 Å². The lowest BCUT2D eigenvalue weighted by Gasteiger charge is -2.27. The van der Waals surface area contributed by atoms with Gasteiger partial charge in [0.2, 0.25) is 0 Å². The van der Waals surface area contributed by atoms with Crippen LogP contribution in [0.3, 0.4) is 0 Å². The first kappa shape index (κ1) is 20.7. The van der Waals surface area contributed by atoms with Crippen LogP contribution in [-0.4, -0.2) is 36.5 Å². The number of fused-ring (bicyclic) bond motifs is 2. The summed E-state index contributed by atoms with van der Waals surface area (Å²) in [6, 6.07) is 3.65. The number of thiazole rings is 1. The van der Waals surface area contributed by atoms with Gasteiger partial charge in [-0.05, 0) is 24.0 Å². The molecule has 4 heterocycles. The average Bonchev–Trinajstić information content (AvgIpc) is 3.31. The Morgan fingerprint density at radius 3 is 2.63 bits per heavy atom. The highest BCUT2D eigenvalue weighted by Gasteiger charge is 2.42. The average molecular weight is 453 g/mol. The van der Waals surface area contributed by atoms with Crippen LogP contribution in [0.2, 0.25) is 0 Å². The van der Waals surface area contributed by atoms with Gasteiger partial charge in [-0.3, -0.25) is 9.47 Å². The number of nitrogens with zero attached hydrogens (tertiary/aromatic N) is 5. The summed E-state index contributed by atoms with van der Waals surface area (Å²) in [6.07, 6.45) is 1.38. The van der Waals surface area contributed by atoms with Crippen molar-refractivity contribution in [2.75, 3.05) is 6.54 Å². The molecule has 1 atom stereocenters. The summed E-state index contributed by atoms with van der Waals surface area (Å²) in [5.41, 5.74) is 0.774. The van der Waals surface area contributed by atoms with Gasteiger partial charge < -0.3 is 14.9 Å². The van der Waals surface area contributed by atoms with E-state index in [9.17, 15) is 18.9 Å². The molecule has 0 N–H and O–H groups in total. The first-order valence-electron chi connectivity index (χ1n) is 8.86. The summed E-state index contributed by atoms with van der Waals surface area (Å²) in [4.78, 5) is 22.0. The molecule has 158 valence electrons. The molecule has 12 heteroatoms. The smallest absolute Gasteiger partial charge is 0.415 e. The Labute approximate surface area is 180 Å². The van der Waals surface area contributed by atoms with Crippen LogP contribution in [0.15, 0.2) is 24.4 Å². The zero-order valence-electron chi connectivity index (χ0n) is 15.8. The van der Waals surface area contributed by atoms with Crippen LogP contribution >= 0.6 is 24.8 Å². The fraction of sp³-hybridized carbons (Fsp3) is 0.333. The van der Waals surface area contributed by atoms with Crippen molar-refractivity contribution in [3.05, 3.63) is 56.7 Å². The minimum atomic E-state index is -0.624.